The van der Waals surface area contributed by atoms with Crippen molar-refractivity contribution < 1.29 is 13.9 Å². The Bertz CT molecular complexity index is 804. The van der Waals surface area contributed by atoms with Gasteiger partial charge < -0.3 is 15.4 Å². The smallest absolute Gasteiger partial charge is 0.252 e. The van der Waals surface area contributed by atoms with Crippen molar-refractivity contribution in [3.8, 4) is 11.1 Å². The molecule has 0 unspecified atom stereocenters. The van der Waals surface area contributed by atoms with Gasteiger partial charge in [-0.3, -0.25) is 4.79 Å². The topological polar surface area (TPSA) is 50.4 Å². The van der Waals surface area contributed by atoms with Gasteiger partial charge in [-0.15, -0.1) is 0 Å². The molecule has 1 aliphatic carbocycles. The fourth-order valence-electron chi connectivity index (χ4n) is 3.88. The van der Waals surface area contributed by atoms with Crippen LogP contribution in [0.2, 0.25) is 0 Å². The zero-order valence-corrected chi connectivity index (χ0v) is 15.3. The lowest BCUT2D eigenvalue weighted by Gasteiger charge is -2.41. The van der Waals surface area contributed by atoms with Crippen LogP contribution in [0.25, 0.3) is 11.1 Å². The van der Waals surface area contributed by atoms with Gasteiger partial charge >= 0.3 is 0 Å². The maximum Gasteiger partial charge on any atom is 0.252 e. The van der Waals surface area contributed by atoms with E-state index in [-0.39, 0.29) is 17.8 Å². The van der Waals surface area contributed by atoms with E-state index in [4.69, 9.17) is 4.74 Å². The van der Waals surface area contributed by atoms with Crippen LogP contribution in [0.3, 0.4) is 0 Å². The van der Waals surface area contributed by atoms with Crippen LogP contribution in [-0.4, -0.2) is 37.2 Å². The van der Waals surface area contributed by atoms with Gasteiger partial charge in [0.15, 0.2) is 0 Å². The number of carbonyl (C=O) groups is 1. The molecule has 2 aromatic rings. The predicted octanol–water partition coefficient (Wildman–Crippen LogP) is 3.52. The minimum absolute atomic E-state index is 0.119. The van der Waals surface area contributed by atoms with E-state index in [2.05, 4.69) is 10.6 Å². The lowest BCUT2D eigenvalue weighted by atomic mass is 9.84. The number of rotatable bonds is 5. The molecule has 1 amide bonds. The second kappa shape index (κ2) is 8.19. The summed E-state index contributed by atoms with van der Waals surface area (Å²) < 4.78 is 19.6. The summed E-state index contributed by atoms with van der Waals surface area (Å²) in [6.07, 6.45) is 4.08. The first-order valence-corrected chi connectivity index (χ1v) is 9.71. The molecule has 0 bridgehead atoms. The molecule has 4 rings (SSSR count). The van der Waals surface area contributed by atoms with Gasteiger partial charge in [0.05, 0.1) is 0 Å². The zero-order chi connectivity index (χ0) is 18.6. The first kappa shape index (κ1) is 18.1. The molecule has 2 fully saturated rings. The average Bonchev–Trinajstić information content (AvgIpc) is 2.70. The Morgan fingerprint density at radius 3 is 2.26 bits per heavy atom. The minimum Gasteiger partial charge on any atom is -0.381 e. The zero-order valence-electron chi connectivity index (χ0n) is 15.3. The van der Waals surface area contributed by atoms with E-state index in [0.717, 1.165) is 38.9 Å². The highest BCUT2D eigenvalue weighted by Crippen LogP contribution is 2.28. The lowest BCUT2D eigenvalue weighted by Crippen LogP contribution is -2.59. The molecule has 27 heavy (non-hydrogen) atoms. The number of hydrogen-bond acceptors (Lipinski definition) is 3. The first-order valence-electron chi connectivity index (χ1n) is 9.71. The van der Waals surface area contributed by atoms with Gasteiger partial charge in [-0.1, -0.05) is 36.4 Å². The molecule has 4 nitrogen and oxygen atoms in total. The number of benzene rings is 2. The third-order valence-electron chi connectivity index (χ3n) is 5.60. The molecule has 1 saturated carbocycles. The molecule has 2 aromatic carbocycles. The lowest BCUT2D eigenvalue weighted by molar-refractivity contribution is 0.0652. The molecular weight excluding hydrogens is 343 g/mol. The Morgan fingerprint density at radius 1 is 0.889 bits per heavy atom. The van der Waals surface area contributed by atoms with Gasteiger partial charge in [-0.05, 0) is 43.4 Å². The minimum atomic E-state index is -0.319. The van der Waals surface area contributed by atoms with Crippen LogP contribution in [-0.2, 0) is 4.74 Å². The fraction of sp³-hybridized carbons (Fsp3) is 0.409. The van der Waals surface area contributed by atoms with Crippen molar-refractivity contribution in [2.75, 3.05) is 13.2 Å². The second-order valence-corrected chi connectivity index (χ2v) is 7.34. The molecule has 2 N–H and O–H groups in total. The normalized spacial score (nSPS) is 22.9. The van der Waals surface area contributed by atoms with Crippen molar-refractivity contribution in [2.45, 2.75) is 43.8 Å². The SMILES string of the molecule is O=C(N[C@@H]1CC[C@@H]1NC1CCOCC1)c1ccccc1-c1ccccc1F. The van der Waals surface area contributed by atoms with Gasteiger partial charge in [0.2, 0.25) is 0 Å². The van der Waals surface area contributed by atoms with Crippen LogP contribution in [0, 0.1) is 5.82 Å². The van der Waals surface area contributed by atoms with Gasteiger partial charge in [-0.25, -0.2) is 4.39 Å². The van der Waals surface area contributed by atoms with Crippen molar-refractivity contribution in [1.29, 1.82) is 0 Å². The van der Waals surface area contributed by atoms with Crippen LogP contribution >= 0.6 is 0 Å². The number of amides is 1. The maximum absolute atomic E-state index is 14.2. The highest BCUT2D eigenvalue weighted by Gasteiger charge is 2.34. The number of halogens is 1. The Kier molecular flexibility index (Phi) is 5.50. The van der Waals surface area contributed by atoms with Gasteiger partial charge in [-0.2, -0.15) is 0 Å². The van der Waals surface area contributed by atoms with Crippen molar-refractivity contribution >= 4 is 5.91 Å². The number of nitrogens with one attached hydrogen (secondary N) is 2. The maximum atomic E-state index is 14.2. The molecule has 0 aromatic heterocycles. The summed E-state index contributed by atoms with van der Waals surface area (Å²) in [6, 6.07) is 14.7. The summed E-state index contributed by atoms with van der Waals surface area (Å²) in [7, 11) is 0. The van der Waals surface area contributed by atoms with Gasteiger partial charge in [0.25, 0.3) is 5.91 Å². The van der Waals surface area contributed by atoms with Crippen LogP contribution in [0.15, 0.2) is 48.5 Å². The monoisotopic (exact) mass is 368 g/mol. The van der Waals surface area contributed by atoms with Crippen LogP contribution in [0.5, 0.6) is 0 Å². The van der Waals surface area contributed by atoms with E-state index in [9.17, 15) is 9.18 Å². The van der Waals surface area contributed by atoms with Crippen LogP contribution < -0.4 is 10.6 Å². The molecule has 1 heterocycles. The Hall–Kier alpha value is -2.24. The van der Waals surface area contributed by atoms with Crippen LogP contribution in [0.4, 0.5) is 4.39 Å². The third-order valence-corrected chi connectivity index (χ3v) is 5.60. The quantitative estimate of drug-likeness (QED) is 0.849. The van der Waals surface area contributed by atoms with E-state index < -0.39 is 0 Å². The number of carbonyl (C=O) groups excluding carboxylic acids is 1. The first-order chi connectivity index (χ1) is 13.2. The molecule has 5 heteroatoms. The van der Waals surface area contributed by atoms with E-state index in [1.807, 2.05) is 12.1 Å². The van der Waals surface area contributed by atoms with Crippen molar-refractivity contribution in [2.24, 2.45) is 0 Å². The molecule has 142 valence electrons. The third kappa shape index (κ3) is 4.04. The highest BCUT2D eigenvalue weighted by atomic mass is 19.1. The Labute approximate surface area is 159 Å². The summed E-state index contributed by atoms with van der Waals surface area (Å²) >= 11 is 0. The molecular formula is C22H25FN2O2. The van der Waals surface area contributed by atoms with E-state index in [0.29, 0.717) is 28.8 Å². The average molecular weight is 368 g/mol. The summed E-state index contributed by atoms with van der Waals surface area (Å²) in [5.74, 6) is -0.460. The Balaban J connectivity index is 1.45. The van der Waals surface area contributed by atoms with E-state index in [1.165, 1.54) is 6.07 Å². The predicted molar refractivity (Wildman–Crippen MR) is 103 cm³/mol. The summed E-state index contributed by atoms with van der Waals surface area (Å²) in [4.78, 5) is 12.9. The molecule has 2 atom stereocenters. The molecule has 1 aliphatic heterocycles. The summed E-state index contributed by atoms with van der Waals surface area (Å²) in [5, 5.41) is 6.81. The Morgan fingerprint density at radius 2 is 1.56 bits per heavy atom. The summed E-state index contributed by atoms with van der Waals surface area (Å²) in [5.41, 5.74) is 1.59. The van der Waals surface area contributed by atoms with Crippen molar-refractivity contribution in [3.05, 3.63) is 59.9 Å². The van der Waals surface area contributed by atoms with Gasteiger partial charge in [0.1, 0.15) is 5.82 Å². The second-order valence-electron chi connectivity index (χ2n) is 7.34. The summed E-state index contributed by atoms with van der Waals surface area (Å²) in [6.45, 7) is 1.61. The van der Waals surface area contributed by atoms with Crippen molar-refractivity contribution in [3.63, 3.8) is 0 Å². The van der Waals surface area contributed by atoms with Gasteiger partial charge in [0, 0.05) is 42.5 Å². The molecule has 2 aliphatic rings. The van der Waals surface area contributed by atoms with E-state index in [1.54, 1.807) is 30.3 Å². The molecule has 0 radical (unpaired) electrons. The van der Waals surface area contributed by atoms with Crippen molar-refractivity contribution in [1.82, 2.24) is 10.6 Å². The largest absolute Gasteiger partial charge is 0.381 e. The molecule has 0 spiro atoms. The standard InChI is InChI=1S/C22H25FN2O2/c23-19-8-4-3-6-17(19)16-5-1-2-7-18(16)22(26)25-21-10-9-20(21)24-15-11-13-27-14-12-15/h1-8,15,20-21,24H,9-14H2,(H,25,26)/t20-,21+/m0/s1. The molecule has 1 saturated heterocycles. The van der Waals surface area contributed by atoms with E-state index >= 15 is 0 Å². The fourth-order valence-corrected chi connectivity index (χ4v) is 3.88. The highest BCUT2D eigenvalue weighted by molar-refractivity contribution is 6.01. The number of ether oxygens (including phenoxy) is 1. The number of hydrogen-bond donors (Lipinski definition) is 2. The van der Waals surface area contributed by atoms with Crippen LogP contribution in [0.1, 0.15) is 36.0 Å².